The van der Waals surface area contributed by atoms with Gasteiger partial charge in [-0.1, -0.05) is 3.97 Å². The maximum atomic E-state index is 12.4. The topological polar surface area (TPSA) is 95.1 Å². The molecule has 2 rings (SSSR count). The molecule has 0 spiro atoms. The van der Waals surface area contributed by atoms with E-state index in [2.05, 4.69) is 4.98 Å². The summed E-state index contributed by atoms with van der Waals surface area (Å²) in [5.74, 6) is -0.527. The van der Waals surface area contributed by atoms with Crippen LogP contribution in [0.25, 0.3) is 0 Å². The zero-order valence-electron chi connectivity index (χ0n) is 9.65. The second kappa shape index (κ2) is 4.89. The van der Waals surface area contributed by atoms with Gasteiger partial charge in [0, 0.05) is 10.5 Å². The predicted molar refractivity (Wildman–Crippen MR) is 75.4 cm³/mol. The van der Waals surface area contributed by atoms with Crippen molar-refractivity contribution in [1.29, 1.82) is 0 Å². The lowest BCUT2D eigenvalue weighted by molar-refractivity contribution is -0.390. The Morgan fingerprint density at radius 1 is 1.32 bits per heavy atom. The summed E-state index contributed by atoms with van der Waals surface area (Å²) >= 11 is 2.04. The van der Waals surface area contributed by atoms with Gasteiger partial charge >= 0.3 is 15.8 Å². The Morgan fingerprint density at radius 2 is 1.89 bits per heavy atom. The molecule has 1 heterocycles. The van der Waals surface area contributed by atoms with E-state index in [9.17, 15) is 18.5 Å². The summed E-state index contributed by atoms with van der Waals surface area (Å²) in [4.78, 5) is 13.7. The molecule has 0 saturated carbocycles. The number of aryl methyl sites for hydroxylation is 1. The number of aromatic nitrogens is 2. The second-order valence-corrected chi connectivity index (χ2v) is 6.68. The molecule has 0 atom stereocenters. The lowest BCUT2D eigenvalue weighted by Gasteiger charge is -2.04. The van der Waals surface area contributed by atoms with E-state index in [1.54, 1.807) is 12.1 Å². The molecule has 0 amide bonds. The number of imidazole rings is 1. The van der Waals surface area contributed by atoms with Crippen LogP contribution in [-0.4, -0.2) is 22.3 Å². The summed E-state index contributed by atoms with van der Waals surface area (Å²) in [6, 6.07) is 6.04. The molecule has 0 N–H and O–H groups in total. The number of benzene rings is 1. The number of nitro groups is 1. The molecule has 2 aromatic rings. The molecule has 0 aliphatic heterocycles. The summed E-state index contributed by atoms with van der Waals surface area (Å²) in [6.45, 7) is 1.40. The lowest BCUT2D eigenvalue weighted by atomic mass is 10.4. The smallest absolute Gasteiger partial charge is 0.358 e. The summed E-state index contributed by atoms with van der Waals surface area (Å²) < 4.78 is 26.2. The Bertz CT molecular complexity index is 737. The van der Waals surface area contributed by atoms with Gasteiger partial charge in [0.25, 0.3) is 0 Å². The van der Waals surface area contributed by atoms with Crippen molar-refractivity contribution in [1.82, 2.24) is 8.96 Å². The summed E-state index contributed by atoms with van der Waals surface area (Å²) in [5, 5.41) is 10.8. The number of nitrogens with zero attached hydrogens (tertiary/aromatic N) is 3. The van der Waals surface area contributed by atoms with Crippen LogP contribution in [0.1, 0.15) is 5.82 Å². The normalized spacial score (nSPS) is 11.5. The molecule has 19 heavy (non-hydrogen) atoms. The van der Waals surface area contributed by atoms with Crippen molar-refractivity contribution in [2.75, 3.05) is 0 Å². The second-order valence-electron chi connectivity index (χ2n) is 3.64. The van der Waals surface area contributed by atoms with Crippen LogP contribution in [-0.2, 0) is 10.0 Å². The molecule has 0 aliphatic carbocycles. The number of hydrogen-bond donors (Lipinski definition) is 0. The molecule has 0 fully saturated rings. The molecule has 0 unspecified atom stereocenters. The third-order valence-corrected chi connectivity index (χ3v) is 4.93. The van der Waals surface area contributed by atoms with Crippen molar-refractivity contribution in [3.05, 3.63) is 50.0 Å². The number of halogens is 1. The number of rotatable bonds is 3. The predicted octanol–water partition coefficient (Wildman–Crippen LogP) is 1.94. The zero-order valence-corrected chi connectivity index (χ0v) is 12.6. The monoisotopic (exact) mass is 393 g/mol. The first kappa shape index (κ1) is 13.9. The van der Waals surface area contributed by atoms with Crippen LogP contribution < -0.4 is 0 Å². The maximum Gasteiger partial charge on any atom is 0.358 e. The highest BCUT2D eigenvalue weighted by atomic mass is 127. The third kappa shape index (κ3) is 2.47. The molecule has 0 saturated heterocycles. The van der Waals surface area contributed by atoms with Gasteiger partial charge in [-0.15, -0.1) is 0 Å². The lowest BCUT2D eigenvalue weighted by Crippen LogP contribution is -2.16. The van der Waals surface area contributed by atoms with E-state index in [-0.39, 0.29) is 10.7 Å². The highest BCUT2D eigenvalue weighted by Gasteiger charge is 2.31. The minimum Gasteiger partial charge on any atom is -0.358 e. The summed E-state index contributed by atoms with van der Waals surface area (Å²) in [6.07, 6.45) is 0.930. The van der Waals surface area contributed by atoms with Gasteiger partial charge in [-0.05, 0) is 51.8 Å². The van der Waals surface area contributed by atoms with Crippen LogP contribution in [0.15, 0.2) is 35.4 Å². The van der Waals surface area contributed by atoms with Crippen LogP contribution in [0.2, 0.25) is 0 Å². The van der Waals surface area contributed by atoms with Gasteiger partial charge in [-0.3, -0.25) is 0 Å². The van der Waals surface area contributed by atoms with E-state index in [0.29, 0.717) is 3.97 Å². The first-order valence-corrected chi connectivity index (χ1v) is 7.56. The SMILES string of the molecule is Cc1ncc([N+](=O)[O-])n1S(=O)(=O)c1ccc(I)cc1. The van der Waals surface area contributed by atoms with Gasteiger partial charge in [0.15, 0.2) is 0 Å². The average Bonchev–Trinajstić information content (AvgIpc) is 2.72. The quantitative estimate of drug-likeness (QED) is 0.451. The van der Waals surface area contributed by atoms with E-state index in [4.69, 9.17) is 0 Å². The molecular weight excluding hydrogens is 385 g/mol. The average molecular weight is 393 g/mol. The van der Waals surface area contributed by atoms with Crippen molar-refractivity contribution < 1.29 is 13.3 Å². The van der Waals surface area contributed by atoms with Crippen LogP contribution in [0.3, 0.4) is 0 Å². The van der Waals surface area contributed by atoms with Crippen LogP contribution in [0, 0.1) is 20.6 Å². The Kier molecular flexibility index (Phi) is 3.58. The van der Waals surface area contributed by atoms with E-state index in [1.807, 2.05) is 22.6 Å². The van der Waals surface area contributed by atoms with Crippen LogP contribution in [0.4, 0.5) is 5.82 Å². The highest BCUT2D eigenvalue weighted by Crippen LogP contribution is 2.23. The van der Waals surface area contributed by atoms with Crippen molar-refractivity contribution in [2.45, 2.75) is 11.8 Å². The third-order valence-electron chi connectivity index (χ3n) is 2.41. The van der Waals surface area contributed by atoms with E-state index < -0.39 is 20.8 Å². The van der Waals surface area contributed by atoms with Crippen molar-refractivity contribution in [3.63, 3.8) is 0 Å². The molecule has 0 aliphatic rings. The van der Waals surface area contributed by atoms with Gasteiger partial charge in [-0.2, -0.15) is 8.42 Å². The minimum atomic E-state index is -4.01. The fraction of sp³-hybridized carbons (Fsp3) is 0.100. The van der Waals surface area contributed by atoms with Crippen LogP contribution in [0.5, 0.6) is 0 Å². The van der Waals surface area contributed by atoms with Gasteiger partial charge in [0.1, 0.15) is 11.1 Å². The Morgan fingerprint density at radius 3 is 2.42 bits per heavy atom. The maximum absolute atomic E-state index is 12.4. The minimum absolute atomic E-state index is 0.0166. The van der Waals surface area contributed by atoms with Crippen molar-refractivity contribution in [2.24, 2.45) is 0 Å². The Labute approximate surface area is 122 Å². The molecule has 1 aromatic carbocycles. The summed E-state index contributed by atoms with van der Waals surface area (Å²) in [5.41, 5.74) is 0. The fourth-order valence-electron chi connectivity index (χ4n) is 1.55. The fourth-order valence-corrected chi connectivity index (χ4v) is 3.36. The molecule has 0 bridgehead atoms. The van der Waals surface area contributed by atoms with Crippen LogP contribution >= 0.6 is 22.6 Å². The Balaban J connectivity index is 2.66. The zero-order chi connectivity index (χ0) is 14.2. The molecule has 0 radical (unpaired) electrons. The first-order valence-electron chi connectivity index (χ1n) is 5.04. The molecule has 7 nitrogen and oxygen atoms in total. The van der Waals surface area contributed by atoms with Gasteiger partial charge in [0.2, 0.25) is 5.82 Å². The molecular formula is C10H8IN3O4S. The largest absolute Gasteiger partial charge is 0.358 e. The number of hydrogen-bond acceptors (Lipinski definition) is 5. The van der Waals surface area contributed by atoms with Gasteiger partial charge in [-0.25, -0.2) is 4.98 Å². The van der Waals surface area contributed by atoms with Crippen molar-refractivity contribution >= 4 is 38.4 Å². The Hall–Kier alpha value is -1.49. The molecule has 9 heteroatoms. The van der Waals surface area contributed by atoms with Gasteiger partial charge in [0.05, 0.1) is 0 Å². The first-order chi connectivity index (χ1) is 8.84. The standard InChI is InChI=1S/C10H8IN3O4S/c1-7-12-6-10(14(15)16)13(7)19(17,18)9-4-2-8(11)3-5-9/h2-6H,1H3. The van der Waals surface area contributed by atoms with E-state index in [0.717, 1.165) is 9.77 Å². The van der Waals surface area contributed by atoms with E-state index >= 15 is 0 Å². The highest BCUT2D eigenvalue weighted by molar-refractivity contribution is 14.1. The van der Waals surface area contributed by atoms with Crippen molar-refractivity contribution in [3.8, 4) is 0 Å². The molecule has 1 aromatic heterocycles. The summed E-state index contributed by atoms with van der Waals surface area (Å²) in [7, 11) is -4.01. The molecule has 100 valence electrons. The van der Waals surface area contributed by atoms with Gasteiger partial charge < -0.3 is 10.1 Å². The van der Waals surface area contributed by atoms with E-state index in [1.165, 1.54) is 19.1 Å².